The van der Waals surface area contributed by atoms with Crippen LogP contribution < -0.4 is 5.32 Å². The van der Waals surface area contributed by atoms with E-state index in [1.54, 1.807) is 0 Å². The van der Waals surface area contributed by atoms with E-state index >= 15 is 0 Å². The molecule has 0 aliphatic carbocycles. The first kappa shape index (κ1) is 15.8. The molecule has 0 saturated carbocycles. The van der Waals surface area contributed by atoms with Crippen LogP contribution in [0.4, 0.5) is 0 Å². The second kappa shape index (κ2) is 7.44. The summed E-state index contributed by atoms with van der Waals surface area (Å²) in [7, 11) is 0. The summed E-state index contributed by atoms with van der Waals surface area (Å²) in [5.41, 5.74) is 1.11. The standard InChI is InChI=1S/C18H23BrN2O/c1-2-21-11-3-4-16(21)12-20-13-17-9-10-18(22-17)14-5-7-15(19)8-6-14/h5-10,16,20H,2-4,11-13H2,1H3/t16-/m0/s1. The monoisotopic (exact) mass is 362 g/mol. The molecule has 0 unspecified atom stereocenters. The van der Waals surface area contributed by atoms with Crippen molar-refractivity contribution in [1.29, 1.82) is 0 Å². The highest BCUT2D eigenvalue weighted by Crippen LogP contribution is 2.24. The summed E-state index contributed by atoms with van der Waals surface area (Å²) in [6.45, 7) is 6.49. The van der Waals surface area contributed by atoms with E-state index in [2.05, 4.69) is 51.3 Å². The van der Waals surface area contributed by atoms with Gasteiger partial charge in [-0.15, -0.1) is 0 Å². The Morgan fingerprint density at radius 1 is 1.23 bits per heavy atom. The Morgan fingerprint density at radius 2 is 2.05 bits per heavy atom. The first-order chi connectivity index (χ1) is 10.8. The molecule has 1 saturated heterocycles. The van der Waals surface area contributed by atoms with Crippen LogP contribution >= 0.6 is 15.9 Å². The van der Waals surface area contributed by atoms with Gasteiger partial charge in [-0.3, -0.25) is 4.90 Å². The summed E-state index contributed by atoms with van der Waals surface area (Å²) in [5, 5.41) is 3.54. The normalized spacial score (nSPS) is 18.9. The highest BCUT2D eigenvalue weighted by molar-refractivity contribution is 9.10. The number of benzene rings is 1. The van der Waals surface area contributed by atoms with E-state index in [-0.39, 0.29) is 0 Å². The molecular weight excluding hydrogens is 340 g/mol. The van der Waals surface area contributed by atoms with Crippen LogP contribution in [0.5, 0.6) is 0 Å². The summed E-state index contributed by atoms with van der Waals surface area (Å²) in [5.74, 6) is 1.93. The number of halogens is 1. The van der Waals surface area contributed by atoms with Crippen molar-refractivity contribution in [2.24, 2.45) is 0 Å². The highest BCUT2D eigenvalue weighted by Gasteiger charge is 2.22. The second-order valence-electron chi connectivity index (χ2n) is 5.83. The molecule has 118 valence electrons. The molecule has 3 rings (SSSR count). The molecule has 1 N–H and O–H groups in total. The largest absolute Gasteiger partial charge is 0.460 e. The van der Waals surface area contributed by atoms with E-state index in [9.17, 15) is 0 Å². The van der Waals surface area contributed by atoms with E-state index in [1.165, 1.54) is 19.4 Å². The van der Waals surface area contributed by atoms with Gasteiger partial charge in [-0.05, 0) is 50.2 Å². The minimum atomic E-state index is 0.686. The molecule has 0 radical (unpaired) electrons. The third-order valence-corrected chi connectivity index (χ3v) is 4.90. The molecule has 3 nitrogen and oxygen atoms in total. The van der Waals surface area contributed by atoms with Crippen molar-refractivity contribution in [2.45, 2.75) is 32.4 Å². The number of hydrogen-bond acceptors (Lipinski definition) is 3. The van der Waals surface area contributed by atoms with Gasteiger partial charge in [-0.2, -0.15) is 0 Å². The Bertz CT molecular complexity index is 593. The topological polar surface area (TPSA) is 28.4 Å². The Morgan fingerprint density at radius 3 is 2.82 bits per heavy atom. The van der Waals surface area contributed by atoms with Crippen LogP contribution in [0.2, 0.25) is 0 Å². The number of likely N-dealkylation sites (tertiary alicyclic amines) is 1. The molecule has 1 aromatic carbocycles. The molecule has 1 atom stereocenters. The maximum Gasteiger partial charge on any atom is 0.134 e. The lowest BCUT2D eigenvalue weighted by atomic mass is 10.2. The molecule has 1 aliphatic heterocycles. The van der Waals surface area contributed by atoms with Gasteiger partial charge in [-0.25, -0.2) is 0 Å². The van der Waals surface area contributed by atoms with Crippen molar-refractivity contribution in [1.82, 2.24) is 10.2 Å². The van der Waals surface area contributed by atoms with Gasteiger partial charge in [0.1, 0.15) is 11.5 Å². The van der Waals surface area contributed by atoms with Gasteiger partial charge in [-0.1, -0.05) is 35.0 Å². The maximum atomic E-state index is 5.94. The zero-order chi connectivity index (χ0) is 15.4. The van der Waals surface area contributed by atoms with Crippen molar-refractivity contribution in [3.63, 3.8) is 0 Å². The maximum absolute atomic E-state index is 5.94. The van der Waals surface area contributed by atoms with Crippen LogP contribution in [0.15, 0.2) is 45.3 Å². The van der Waals surface area contributed by atoms with Crippen molar-refractivity contribution in [2.75, 3.05) is 19.6 Å². The van der Waals surface area contributed by atoms with Gasteiger partial charge in [0.15, 0.2) is 0 Å². The van der Waals surface area contributed by atoms with Gasteiger partial charge in [0.2, 0.25) is 0 Å². The van der Waals surface area contributed by atoms with Gasteiger partial charge in [0.25, 0.3) is 0 Å². The number of likely N-dealkylation sites (N-methyl/N-ethyl adjacent to an activating group) is 1. The SMILES string of the molecule is CCN1CCC[C@H]1CNCc1ccc(-c2ccc(Br)cc2)o1. The molecule has 1 aliphatic rings. The Labute approximate surface area is 140 Å². The van der Waals surface area contributed by atoms with Crippen molar-refractivity contribution < 1.29 is 4.42 Å². The first-order valence-electron chi connectivity index (χ1n) is 8.05. The van der Waals surface area contributed by atoms with Crippen molar-refractivity contribution in [3.8, 4) is 11.3 Å². The molecule has 22 heavy (non-hydrogen) atoms. The highest BCUT2D eigenvalue weighted by atomic mass is 79.9. The third kappa shape index (κ3) is 3.80. The molecule has 0 spiro atoms. The van der Waals surface area contributed by atoms with E-state index in [4.69, 9.17) is 4.42 Å². The second-order valence-corrected chi connectivity index (χ2v) is 6.74. The number of nitrogens with one attached hydrogen (secondary N) is 1. The van der Waals surface area contributed by atoms with Crippen LogP contribution in [0, 0.1) is 0 Å². The van der Waals surface area contributed by atoms with Crippen molar-refractivity contribution >= 4 is 15.9 Å². The Hall–Kier alpha value is -1.10. The third-order valence-electron chi connectivity index (χ3n) is 4.37. The fourth-order valence-corrected chi connectivity index (χ4v) is 3.41. The Kier molecular flexibility index (Phi) is 5.34. The molecule has 1 fully saturated rings. The molecule has 1 aromatic heterocycles. The van der Waals surface area contributed by atoms with Crippen LogP contribution in [0.3, 0.4) is 0 Å². The summed E-state index contributed by atoms with van der Waals surface area (Å²) < 4.78 is 7.02. The van der Waals surface area contributed by atoms with Gasteiger partial charge in [0, 0.05) is 22.6 Å². The lowest BCUT2D eigenvalue weighted by molar-refractivity contribution is 0.258. The summed E-state index contributed by atoms with van der Waals surface area (Å²) in [6, 6.07) is 13.0. The zero-order valence-corrected chi connectivity index (χ0v) is 14.6. The first-order valence-corrected chi connectivity index (χ1v) is 8.85. The lowest BCUT2D eigenvalue weighted by Crippen LogP contribution is -2.37. The number of hydrogen-bond donors (Lipinski definition) is 1. The molecule has 0 bridgehead atoms. The van der Waals surface area contributed by atoms with E-state index in [0.29, 0.717) is 6.04 Å². The summed E-state index contributed by atoms with van der Waals surface area (Å²) in [4.78, 5) is 2.56. The summed E-state index contributed by atoms with van der Waals surface area (Å²) >= 11 is 3.46. The fraction of sp³-hybridized carbons (Fsp3) is 0.444. The van der Waals surface area contributed by atoms with E-state index in [0.717, 1.165) is 41.2 Å². The lowest BCUT2D eigenvalue weighted by Gasteiger charge is -2.22. The average Bonchev–Trinajstić information content (AvgIpc) is 3.17. The van der Waals surface area contributed by atoms with Crippen molar-refractivity contribution in [3.05, 3.63) is 46.6 Å². The van der Waals surface area contributed by atoms with Gasteiger partial charge < -0.3 is 9.73 Å². The minimum absolute atomic E-state index is 0.686. The summed E-state index contributed by atoms with van der Waals surface area (Å²) in [6.07, 6.45) is 2.64. The van der Waals surface area contributed by atoms with Crippen LogP contribution in [0.25, 0.3) is 11.3 Å². The molecular formula is C18H23BrN2O. The predicted molar refractivity (Wildman–Crippen MR) is 93.8 cm³/mol. The smallest absolute Gasteiger partial charge is 0.134 e. The quantitative estimate of drug-likeness (QED) is 0.830. The van der Waals surface area contributed by atoms with Crippen LogP contribution in [-0.2, 0) is 6.54 Å². The molecule has 0 amide bonds. The number of nitrogens with zero attached hydrogens (tertiary/aromatic N) is 1. The molecule has 4 heteroatoms. The van der Waals surface area contributed by atoms with Crippen LogP contribution in [0.1, 0.15) is 25.5 Å². The van der Waals surface area contributed by atoms with E-state index < -0.39 is 0 Å². The molecule has 2 aromatic rings. The Balaban J connectivity index is 1.52. The number of furan rings is 1. The fourth-order valence-electron chi connectivity index (χ4n) is 3.15. The molecule has 2 heterocycles. The van der Waals surface area contributed by atoms with E-state index in [1.807, 2.05) is 18.2 Å². The van der Waals surface area contributed by atoms with Gasteiger partial charge in [0.05, 0.1) is 6.54 Å². The minimum Gasteiger partial charge on any atom is -0.460 e. The van der Waals surface area contributed by atoms with Crippen LogP contribution in [-0.4, -0.2) is 30.6 Å². The average molecular weight is 363 g/mol. The zero-order valence-electron chi connectivity index (χ0n) is 13.0. The van der Waals surface area contributed by atoms with Gasteiger partial charge >= 0.3 is 0 Å². The predicted octanol–water partition coefficient (Wildman–Crippen LogP) is 4.28. The number of rotatable bonds is 6.